The quantitative estimate of drug-likeness (QED) is 0.883. The van der Waals surface area contributed by atoms with Gasteiger partial charge in [0.1, 0.15) is 0 Å². The Bertz CT molecular complexity index is 530. The topological polar surface area (TPSA) is 15.3 Å². The van der Waals surface area contributed by atoms with E-state index in [1.165, 1.54) is 42.7 Å². The Labute approximate surface area is 121 Å². The summed E-state index contributed by atoms with van der Waals surface area (Å²) in [5.74, 6) is 0. The van der Waals surface area contributed by atoms with Crippen molar-refractivity contribution in [3.8, 4) is 0 Å². The second-order valence-electron chi connectivity index (χ2n) is 5.48. The molecule has 0 amide bonds. The van der Waals surface area contributed by atoms with Crippen molar-refractivity contribution in [2.45, 2.75) is 25.9 Å². The maximum atomic E-state index is 3.58. The largest absolute Gasteiger partial charge is 0.381 e. The number of hydrogen-bond donors (Lipinski definition) is 1. The van der Waals surface area contributed by atoms with E-state index in [1.54, 1.807) is 0 Å². The Morgan fingerprint density at radius 3 is 2.35 bits per heavy atom. The van der Waals surface area contributed by atoms with Crippen LogP contribution in [-0.2, 0) is 13.1 Å². The minimum absolute atomic E-state index is 0.887. The van der Waals surface area contributed by atoms with E-state index in [0.717, 1.165) is 13.1 Å². The fourth-order valence-corrected chi connectivity index (χ4v) is 2.81. The van der Waals surface area contributed by atoms with Crippen molar-refractivity contribution in [2.75, 3.05) is 18.4 Å². The Morgan fingerprint density at radius 2 is 1.55 bits per heavy atom. The molecule has 2 heteroatoms. The molecular weight excluding hydrogens is 244 g/mol. The van der Waals surface area contributed by atoms with Crippen molar-refractivity contribution < 1.29 is 0 Å². The number of likely N-dealkylation sites (tertiary alicyclic amines) is 1. The Morgan fingerprint density at radius 1 is 0.850 bits per heavy atom. The number of nitrogens with zero attached hydrogens (tertiary/aromatic N) is 1. The summed E-state index contributed by atoms with van der Waals surface area (Å²) < 4.78 is 0. The van der Waals surface area contributed by atoms with E-state index in [9.17, 15) is 0 Å². The van der Waals surface area contributed by atoms with Crippen molar-refractivity contribution in [3.05, 3.63) is 65.7 Å². The van der Waals surface area contributed by atoms with Gasteiger partial charge in [-0.1, -0.05) is 48.5 Å². The Hall–Kier alpha value is -1.80. The smallest absolute Gasteiger partial charge is 0.0400 e. The van der Waals surface area contributed by atoms with Crippen LogP contribution in [0, 0.1) is 0 Å². The lowest BCUT2D eigenvalue weighted by Crippen LogP contribution is -2.19. The van der Waals surface area contributed by atoms with E-state index in [-0.39, 0.29) is 0 Å². The molecular formula is C18H22N2. The highest BCUT2D eigenvalue weighted by Gasteiger charge is 2.13. The molecule has 2 nitrogen and oxygen atoms in total. The van der Waals surface area contributed by atoms with Crippen LogP contribution in [0.1, 0.15) is 24.0 Å². The summed E-state index contributed by atoms with van der Waals surface area (Å²) in [6.07, 6.45) is 2.69. The molecule has 1 fully saturated rings. The van der Waals surface area contributed by atoms with Gasteiger partial charge in [0, 0.05) is 18.8 Å². The fourth-order valence-electron chi connectivity index (χ4n) is 2.81. The van der Waals surface area contributed by atoms with Crippen molar-refractivity contribution in [2.24, 2.45) is 0 Å². The van der Waals surface area contributed by atoms with Gasteiger partial charge >= 0.3 is 0 Å². The van der Waals surface area contributed by atoms with Gasteiger partial charge in [0.2, 0.25) is 0 Å². The molecule has 1 heterocycles. The van der Waals surface area contributed by atoms with Gasteiger partial charge in [0.05, 0.1) is 0 Å². The van der Waals surface area contributed by atoms with Crippen molar-refractivity contribution in [1.82, 2.24) is 4.90 Å². The van der Waals surface area contributed by atoms with Crippen LogP contribution < -0.4 is 5.32 Å². The van der Waals surface area contributed by atoms with Crippen molar-refractivity contribution in [3.63, 3.8) is 0 Å². The summed E-state index contributed by atoms with van der Waals surface area (Å²) in [5.41, 5.74) is 4.00. The van der Waals surface area contributed by atoms with Crippen molar-refractivity contribution in [1.29, 1.82) is 0 Å². The van der Waals surface area contributed by atoms with Gasteiger partial charge in [-0.15, -0.1) is 0 Å². The van der Waals surface area contributed by atoms with Gasteiger partial charge in [0.15, 0.2) is 0 Å². The molecule has 0 unspecified atom stereocenters. The molecule has 20 heavy (non-hydrogen) atoms. The second kappa shape index (κ2) is 6.58. The fraction of sp³-hybridized carbons (Fsp3) is 0.333. The maximum Gasteiger partial charge on any atom is 0.0400 e. The summed E-state index contributed by atoms with van der Waals surface area (Å²) in [4.78, 5) is 2.54. The molecule has 1 N–H and O–H groups in total. The molecule has 0 spiro atoms. The van der Waals surface area contributed by atoms with E-state index in [2.05, 4.69) is 64.8 Å². The van der Waals surface area contributed by atoms with Gasteiger partial charge in [-0.25, -0.2) is 0 Å². The Balaban J connectivity index is 1.66. The minimum Gasteiger partial charge on any atom is -0.381 e. The molecule has 0 saturated carbocycles. The SMILES string of the molecule is c1ccc(CNc2ccccc2CN2CCCC2)cc1. The molecule has 2 aromatic rings. The zero-order chi connectivity index (χ0) is 13.6. The predicted octanol–water partition coefficient (Wildman–Crippen LogP) is 3.89. The summed E-state index contributed by atoms with van der Waals surface area (Å²) in [6.45, 7) is 4.44. The number of nitrogens with one attached hydrogen (secondary N) is 1. The maximum absolute atomic E-state index is 3.58. The van der Waals surface area contributed by atoms with Gasteiger partial charge in [-0.3, -0.25) is 4.90 Å². The molecule has 104 valence electrons. The summed E-state index contributed by atoms with van der Waals surface area (Å²) >= 11 is 0. The van der Waals surface area contributed by atoms with Crippen LogP contribution in [0.3, 0.4) is 0 Å². The number of anilines is 1. The molecule has 2 aromatic carbocycles. The van der Waals surface area contributed by atoms with Crippen LogP contribution in [0.4, 0.5) is 5.69 Å². The van der Waals surface area contributed by atoms with Crippen LogP contribution in [-0.4, -0.2) is 18.0 Å². The molecule has 1 saturated heterocycles. The lowest BCUT2D eigenvalue weighted by molar-refractivity contribution is 0.332. The first kappa shape index (κ1) is 13.2. The zero-order valence-corrected chi connectivity index (χ0v) is 11.9. The molecule has 1 aliphatic rings. The highest BCUT2D eigenvalue weighted by Crippen LogP contribution is 2.20. The first-order valence-electron chi connectivity index (χ1n) is 7.50. The normalized spacial score (nSPS) is 15.4. The van der Waals surface area contributed by atoms with E-state index in [0.29, 0.717) is 0 Å². The van der Waals surface area contributed by atoms with Gasteiger partial charge in [0.25, 0.3) is 0 Å². The Kier molecular flexibility index (Phi) is 4.34. The predicted molar refractivity (Wildman–Crippen MR) is 84.7 cm³/mol. The first-order valence-corrected chi connectivity index (χ1v) is 7.50. The van der Waals surface area contributed by atoms with E-state index in [4.69, 9.17) is 0 Å². The molecule has 0 aliphatic carbocycles. The highest BCUT2D eigenvalue weighted by atomic mass is 15.1. The minimum atomic E-state index is 0.887. The van der Waals surface area contributed by atoms with Crippen LogP contribution in [0.15, 0.2) is 54.6 Å². The van der Waals surface area contributed by atoms with E-state index in [1.807, 2.05) is 0 Å². The first-order chi connectivity index (χ1) is 9.92. The molecule has 0 radical (unpaired) electrons. The second-order valence-corrected chi connectivity index (χ2v) is 5.48. The molecule has 1 aliphatic heterocycles. The number of hydrogen-bond acceptors (Lipinski definition) is 2. The monoisotopic (exact) mass is 266 g/mol. The molecule has 0 atom stereocenters. The highest BCUT2D eigenvalue weighted by molar-refractivity contribution is 5.51. The van der Waals surface area contributed by atoms with E-state index < -0.39 is 0 Å². The number of rotatable bonds is 5. The van der Waals surface area contributed by atoms with Crippen LogP contribution in [0.5, 0.6) is 0 Å². The third-order valence-electron chi connectivity index (χ3n) is 3.94. The zero-order valence-electron chi connectivity index (χ0n) is 11.9. The van der Waals surface area contributed by atoms with Crippen molar-refractivity contribution >= 4 is 5.69 Å². The lowest BCUT2D eigenvalue weighted by atomic mass is 10.1. The van der Waals surface area contributed by atoms with Crippen LogP contribution >= 0.6 is 0 Å². The summed E-state index contributed by atoms with van der Waals surface area (Å²) in [7, 11) is 0. The average Bonchev–Trinajstić information content (AvgIpc) is 3.00. The number of benzene rings is 2. The van der Waals surface area contributed by atoms with E-state index >= 15 is 0 Å². The third-order valence-corrected chi connectivity index (χ3v) is 3.94. The number of para-hydroxylation sites is 1. The van der Waals surface area contributed by atoms with Crippen LogP contribution in [0.25, 0.3) is 0 Å². The molecule has 0 bridgehead atoms. The average molecular weight is 266 g/mol. The third kappa shape index (κ3) is 3.40. The standard InChI is InChI=1S/C18H22N2/c1-2-8-16(9-3-1)14-19-18-11-5-4-10-17(18)15-20-12-6-7-13-20/h1-5,8-11,19H,6-7,12-15H2. The summed E-state index contributed by atoms with van der Waals surface area (Å²) in [6, 6.07) is 19.2. The molecule has 0 aromatic heterocycles. The summed E-state index contributed by atoms with van der Waals surface area (Å²) in [5, 5.41) is 3.58. The lowest BCUT2D eigenvalue weighted by Gasteiger charge is -2.18. The van der Waals surface area contributed by atoms with Crippen LogP contribution in [0.2, 0.25) is 0 Å². The van der Waals surface area contributed by atoms with Gasteiger partial charge in [-0.2, -0.15) is 0 Å². The molecule has 3 rings (SSSR count). The van der Waals surface area contributed by atoms with Gasteiger partial charge in [-0.05, 0) is 43.1 Å². The van der Waals surface area contributed by atoms with Gasteiger partial charge < -0.3 is 5.32 Å².